The van der Waals surface area contributed by atoms with Gasteiger partial charge in [0.05, 0.1) is 12.2 Å². The molecule has 1 aromatic rings. The molecule has 0 atom stereocenters. The lowest BCUT2D eigenvalue weighted by Gasteiger charge is -2.10. The number of nitrogens with one attached hydrogen (secondary N) is 1. The average Bonchev–Trinajstić information content (AvgIpc) is 2.44. The standard InChI is InChI=1S/C13H18F3NO4S2/c14-13(15,16)11-4-3-5-12(10-11)21-8-2-1-6-17-7-9-22-23(18,19)20/h3-5,10,17H,1-2,6-9H2,(H,18,19,20)/p-1. The number of alkyl halides is 3. The molecule has 0 saturated carbocycles. The number of benzene rings is 1. The minimum Gasteiger partial charge on any atom is -0.739 e. The third kappa shape index (κ3) is 9.69. The summed E-state index contributed by atoms with van der Waals surface area (Å²) in [6.07, 6.45) is -3.04. The second-order valence-corrected chi connectivity index (χ2v) is 7.95. The van der Waals surface area contributed by atoms with Crippen molar-refractivity contribution in [3.63, 3.8) is 0 Å². The fourth-order valence-corrected chi connectivity index (χ4v) is 2.94. The van der Waals surface area contributed by atoms with Crippen LogP contribution in [-0.4, -0.2) is 38.4 Å². The molecule has 0 fully saturated rings. The SMILES string of the molecule is O=S(=O)([O-])SCCNCCCCOc1cccc(C(F)(F)F)c1. The van der Waals surface area contributed by atoms with Crippen LogP contribution in [0.3, 0.4) is 0 Å². The van der Waals surface area contributed by atoms with Gasteiger partial charge in [-0.1, -0.05) is 6.07 Å². The van der Waals surface area contributed by atoms with E-state index >= 15 is 0 Å². The summed E-state index contributed by atoms with van der Waals surface area (Å²) in [5.41, 5.74) is -0.748. The molecular formula is C13H17F3NO4S2-. The zero-order valence-corrected chi connectivity index (χ0v) is 13.8. The van der Waals surface area contributed by atoms with Crippen LogP contribution in [-0.2, 0) is 15.3 Å². The highest BCUT2D eigenvalue weighted by atomic mass is 33.1. The van der Waals surface area contributed by atoms with Gasteiger partial charge in [-0.2, -0.15) is 13.2 Å². The Bertz CT molecular complexity index is 579. The predicted octanol–water partition coefficient (Wildman–Crippen LogP) is 2.65. The van der Waals surface area contributed by atoms with Gasteiger partial charge in [-0.05, 0) is 48.4 Å². The Kier molecular flexibility index (Phi) is 8.17. The lowest BCUT2D eigenvalue weighted by Crippen LogP contribution is -2.19. The lowest BCUT2D eigenvalue weighted by molar-refractivity contribution is -0.137. The van der Waals surface area contributed by atoms with E-state index in [0.717, 1.165) is 12.1 Å². The van der Waals surface area contributed by atoms with Crippen molar-refractivity contribution >= 4 is 19.9 Å². The maximum absolute atomic E-state index is 12.5. The third-order valence-electron chi connectivity index (χ3n) is 2.68. The van der Waals surface area contributed by atoms with Gasteiger partial charge in [0.1, 0.15) is 14.9 Å². The summed E-state index contributed by atoms with van der Waals surface area (Å²) in [5, 5.41) is 2.96. The molecule has 132 valence electrons. The van der Waals surface area contributed by atoms with Crippen LogP contribution >= 0.6 is 10.8 Å². The summed E-state index contributed by atoms with van der Waals surface area (Å²) < 4.78 is 73.7. The Labute approximate surface area is 136 Å². The summed E-state index contributed by atoms with van der Waals surface area (Å²) in [7, 11) is -3.90. The first-order valence-electron chi connectivity index (χ1n) is 6.79. The second kappa shape index (κ2) is 9.36. The number of hydrogen-bond acceptors (Lipinski definition) is 6. The smallest absolute Gasteiger partial charge is 0.416 e. The minimum absolute atomic E-state index is 0.171. The second-order valence-electron chi connectivity index (χ2n) is 4.56. The quantitative estimate of drug-likeness (QED) is 0.386. The van der Waals surface area contributed by atoms with E-state index in [1.165, 1.54) is 12.1 Å². The van der Waals surface area contributed by atoms with E-state index in [-0.39, 0.29) is 18.1 Å². The summed E-state index contributed by atoms with van der Waals surface area (Å²) in [4.78, 5) is 0. The molecule has 0 saturated heterocycles. The minimum atomic E-state index is -4.39. The van der Waals surface area contributed by atoms with Gasteiger partial charge in [-0.15, -0.1) is 0 Å². The van der Waals surface area contributed by atoms with Gasteiger partial charge < -0.3 is 14.6 Å². The number of unbranched alkanes of at least 4 members (excludes halogenated alkanes) is 1. The molecular weight excluding hydrogens is 355 g/mol. The molecule has 10 heteroatoms. The van der Waals surface area contributed by atoms with Crippen LogP contribution in [0.4, 0.5) is 13.2 Å². The first kappa shape index (κ1) is 20.1. The zero-order chi connectivity index (χ0) is 17.3. The van der Waals surface area contributed by atoms with E-state index in [2.05, 4.69) is 5.32 Å². The molecule has 0 amide bonds. The molecule has 0 heterocycles. The number of halogens is 3. The monoisotopic (exact) mass is 372 g/mol. The third-order valence-corrected chi connectivity index (χ3v) is 4.71. The number of rotatable bonds is 10. The predicted molar refractivity (Wildman–Crippen MR) is 81.2 cm³/mol. The Balaban J connectivity index is 2.12. The molecule has 0 aromatic heterocycles. The highest BCUT2D eigenvalue weighted by Gasteiger charge is 2.30. The summed E-state index contributed by atoms with van der Waals surface area (Å²) in [5.74, 6) is 0.344. The molecule has 0 bridgehead atoms. The Hall–Kier alpha value is -0.970. The fraction of sp³-hybridized carbons (Fsp3) is 0.538. The Morgan fingerprint density at radius 3 is 2.61 bits per heavy atom. The highest BCUT2D eigenvalue weighted by molar-refractivity contribution is 8.69. The summed E-state index contributed by atoms with van der Waals surface area (Å²) >= 11 is 0. The van der Waals surface area contributed by atoms with Gasteiger partial charge in [0, 0.05) is 12.3 Å². The Morgan fingerprint density at radius 1 is 1.22 bits per heavy atom. The molecule has 0 aliphatic rings. The zero-order valence-electron chi connectivity index (χ0n) is 12.1. The summed E-state index contributed by atoms with van der Waals surface area (Å²) in [6.45, 7) is 1.28. The topological polar surface area (TPSA) is 78.5 Å². The fourth-order valence-electron chi connectivity index (χ4n) is 1.65. The molecule has 0 unspecified atom stereocenters. The molecule has 23 heavy (non-hydrogen) atoms. The maximum Gasteiger partial charge on any atom is 0.416 e. The van der Waals surface area contributed by atoms with Crippen LogP contribution in [0.25, 0.3) is 0 Å². The van der Waals surface area contributed by atoms with Gasteiger partial charge in [0.15, 0.2) is 0 Å². The van der Waals surface area contributed by atoms with Gasteiger partial charge in [0.25, 0.3) is 0 Å². The Morgan fingerprint density at radius 2 is 1.96 bits per heavy atom. The van der Waals surface area contributed by atoms with Gasteiger partial charge in [0.2, 0.25) is 0 Å². The van der Waals surface area contributed by atoms with E-state index in [0.29, 0.717) is 36.7 Å². The van der Waals surface area contributed by atoms with E-state index in [4.69, 9.17) is 4.74 Å². The van der Waals surface area contributed by atoms with Crippen molar-refractivity contribution in [2.24, 2.45) is 0 Å². The van der Waals surface area contributed by atoms with Crippen LogP contribution in [0.5, 0.6) is 5.75 Å². The van der Waals surface area contributed by atoms with Gasteiger partial charge in [-0.3, -0.25) is 0 Å². The molecule has 1 aromatic carbocycles. The first-order chi connectivity index (χ1) is 10.7. The lowest BCUT2D eigenvalue weighted by atomic mass is 10.2. The molecule has 0 spiro atoms. The van der Waals surface area contributed by atoms with Gasteiger partial charge >= 0.3 is 6.18 Å². The van der Waals surface area contributed by atoms with Crippen LogP contribution in [0.1, 0.15) is 18.4 Å². The van der Waals surface area contributed by atoms with Gasteiger partial charge in [-0.25, -0.2) is 8.42 Å². The van der Waals surface area contributed by atoms with Crippen LogP contribution < -0.4 is 10.1 Å². The van der Waals surface area contributed by atoms with E-state index in [1.54, 1.807) is 0 Å². The maximum atomic E-state index is 12.5. The van der Waals surface area contributed by atoms with Crippen molar-refractivity contribution in [2.75, 3.05) is 25.4 Å². The van der Waals surface area contributed by atoms with E-state index < -0.39 is 20.9 Å². The van der Waals surface area contributed by atoms with Crippen molar-refractivity contribution in [3.05, 3.63) is 29.8 Å². The molecule has 0 aliphatic carbocycles. The van der Waals surface area contributed by atoms with Crippen LogP contribution in [0.15, 0.2) is 24.3 Å². The molecule has 0 radical (unpaired) electrons. The normalized spacial score (nSPS) is 12.3. The van der Waals surface area contributed by atoms with Crippen molar-refractivity contribution in [1.29, 1.82) is 0 Å². The van der Waals surface area contributed by atoms with Crippen molar-refractivity contribution < 1.29 is 30.9 Å². The molecule has 1 rings (SSSR count). The van der Waals surface area contributed by atoms with E-state index in [1.807, 2.05) is 0 Å². The largest absolute Gasteiger partial charge is 0.739 e. The van der Waals surface area contributed by atoms with Crippen LogP contribution in [0.2, 0.25) is 0 Å². The number of hydrogen-bond donors (Lipinski definition) is 1. The molecule has 0 aliphatic heterocycles. The van der Waals surface area contributed by atoms with Crippen LogP contribution in [0, 0.1) is 0 Å². The highest BCUT2D eigenvalue weighted by Crippen LogP contribution is 2.31. The molecule has 1 N–H and O–H groups in total. The number of ether oxygens (including phenoxy) is 1. The van der Waals surface area contributed by atoms with E-state index in [9.17, 15) is 26.1 Å². The molecule has 5 nitrogen and oxygen atoms in total. The van der Waals surface area contributed by atoms with Crippen molar-refractivity contribution in [2.45, 2.75) is 19.0 Å². The average molecular weight is 372 g/mol. The first-order valence-corrected chi connectivity index (χ1v) is 9.70. The van der Waals surface area contributed by atoms with Crippen molar-refractivity contribution in [1.82, 2.24) is 5.32 Å². The summed E-state index contributed by atoms with van der Waals surface area (Å²) in [6, 6.07) is 4.70. The van der Waals surface area contributed by atoms with Crippen molar-refractivity contribution in [3.8, 4) is 5.75 Å².